The third kappa shape index (κ3) is 3.71. The SMILES string of the molecule is CCOc1ccc(C=C2C(=O)N(C3CCS(=O)(=O)C3)C(=O)C(C#N)=C2C)cc1. The summed E-state index contributed by atoms with van der Waals surface area (Å²) in [7, 11) is -3.29. The number of benzene rings is 1. The van der Waals surface area contributed by atoms with E-state index in [1.165, 1.54) is 0 Å². The van der Waals surface area contributed by atoms with Gasteiger partial charge in [0.25, 0.3) is 11.8 Å². The predicted molar refractivity (Wildman–Crippen MR) is 103 cm³/mol. The number of nitriles is 1. The summed E-state index contributed by atoms with van der Waals surface area (Å²) in [5.74, 6) is -0.943. The molecule has 0 saturated carbocycles. The van der Waals surface area contributed by atoms with E-state index in [1.807, 2.05) is 13.0 Å². The molecule has 1 aromatic carbocycles. The monoisotopic (exact) mass is 400 g/mol. The lowest BCUT2D eigenvalue weighted by atomic mass is 9.92. The standard InChI is InChI=1S/C20H20N2O5S/c1-3-27-16-6-4-14(5-7-16)10-17-13(2)18(11-21)20(24)22(19(17)23)15-8-9-28(25,26)12-15/h4-7,10,15H,3,8-9,12H2,1-2H3. The van der Waals surface area contributed by atoms with Crippen molar-refractivity contribution in [2.75, 3.05) is 18.1 Å². The summed E-state index contributed by atoms with van der Waals surface area (Å²) in [6, 6.07) is 8.19. The van der Waals surface area contributed by atoms with Crippen molar-refractivity contribution in [2.45, 2.75) is 26.3 Å². The molecule has 28 heavy (non-hydrogen) atoms. The second kappa shape index (κ2) is 7.60. The van der Waals surface area contributed by atoms with Gasteiger partial charge in [-0.3, -0.25) is 14.5 Å². The molecule has 1 fully saturated rings. The highest BCUT2D eigenvalue weighted by molar-refractivity contribution is 7.91. The van der Waals surface area contributed by atoms with Crippen LogP contribution in [0.4, 0.5) is 0 Å². The predicted octanol–water partition coefficient (Wildman–Crippen LogP) is 1.86. The Kier molecular flexibility index (Phi) is 5.38. The molecular formula is C20H20N2O5S. The summed E-state index contributed by atoms with van der Waals surface area (Å²) in [5.41, 5.74) is 1.07. The molecule has 146 valence electrons. The van der Waals surface area contributed by atoms with Crippen molar-refractivity contribution < 1.29 is 22.7 Å². The Morgan fingerprint density at radius 1 is 1.25 bits per heavy atom. The van der Waals surface area contributed by atoms with Crippen LogP contribution < -0.4 is 4.74 Å². The Bertz CT molecular complexity index is 1030. The zero-order valence-electron chi connectivity index (χ0n) is 15.6. The topological polar surface area (TPSA) is 105 Å². The molecule has 0 aromatic heterocycles. The smallest absolute Gasteiger partial charge is 0.271 e. The van der Waals surface area contributed by atoms with Gasteiger partial charge in [-0.15, -0.1) is 0 Å². The molecule has 8 heteroatoms. The van der Waals surface area contributed by atoms with E-state index in [4.69, 9.17) is 4.74 Å². The Morgan fingerprint density at radius 3 is 2.46 bits per heavy atom. The molecule has 0 radical (unpaired) electrons. The number of nitrogens with zero attached hydrogens (tertiary/aromatic N) is 2. The number of sulfone groups is 1. The van der Waals surface area contributed by atoms with Crippen molar-refractivity contribution in [2.24, 2.45) is 0 Å². The summed E-state index contributed by atoms with van der Waals surface area (Å²) >= 11 is 0. The molecule has 1 saturated heterocycles. The summed E-state index contributed by atoms with van der Waals surface area (Å²) in [5, 5.41) is 9.43. The second-order valence-corrected chi connectivity index (χ2v) is 8.94. The second-order valence-electron chi connectivity index (χ2n) is 6.71. The number of hydrogen-bond acceptors (Lipinski definition) is 6. The summed E-state index contributed by atoms with van der Waals surface area (Å²) in [6.45, 7) is 3.97. The molecule has 2 aliphatic rings. The van der Waals surface area contributed by atoms with Gasteiger partial charge in [-0.2, -0.15) is 5.26 Å². The van der Waals surface area contributed by atoms with Gasteiger partial charge >= 0.3 is 0 Å². The minimum absolute atomic E-state index is 0.0722. The van der Waals surface area contributed by atoms with Crippen LogP contribution in [-0.2, 0) is 19.4 Å². The van der Waals surface area contributed by atoms with E-state index in [9.17, 15) is 23.3 Å². The fraction of sp³-hybridized carbons (Fsp3) is 0.350. The minimum atomic E-state index is -3.29. The van der Waals surface area contributed by atoms with Crippen LogP contribution in [0.5, 0.6) is 5.75 Å². The largest absolute Gasteiger partial charge is 0.494 e. The fourth-order valence-corrected chi connectivity index (χ4v) is 5.10. The van der Waals surface area contributed by atoms with Gasteiger partial charge in [0.15, 0.2) is 9.84 Å². The van der Waals surface area contributed by atoms with Crippen LogP contribution in [0.3, 0.4) is 0 Å². The van der Waals surface area contributed by atoms with Crippen molar-refractivity contribution in [3.05, 3.63) is 46.5 Å². The Balaban J connectivity index is 2.02. The average molecular weight is 400 g/mol. The molecule has 3 rings (SSSR count). The fourth-order valence-electron chi connectivity index (χ4n) is 3.40. The third-order valence-electron chi connectivity index (χ3n) is 4.85. The Morgan fingerprint density at radius 2 is 1.93 bits per heavy atom. The van der Waals surface area contributed by atoms with Crippen molar-refractivity contribution in [3.8, 4) is 11.8 Å². The summed E-state index contributed by atoms with van der Waals surface area (Å²) < 4.78 is 29.0. The van der Waals surface area contributed by atoms with Crippen molar-refractivity contribution in [1.29, 1.82) is 5.26 Å². The zero-order chi connectivity index (χ0) is 20.5. The molecule has 2 amide bonds. The molecule has 0 bridgehead atoms. The van der Waals surface area contributed by atoms with Crippen LogP contribution in [0, 0.1) is 11.3 Å². The van der Waals surface area contributed by atoms with E-state index in [-0.39, 0.29) is 29.1 Å². The Labute approximate surface area is 163 Å². The number of carbonyl (C=O) groups is 2. The van der Waals surface area contributed by atoms with Crippen LogP contribution >= 0.6 is 0 Å². The van der Waals surface area contributed by atoms with E-state index in [1.54, 1.807) is 37.3 Å². The summed E-state index contributed by atoms with van der Waals surface area (Å²) in [6.07, 6.45) is 1.79. The quantitative estimate of drug-likeness (QED) is 0.564. The third-order valence-corrected chi connectivity index (χ3v) is 6.60. The van der Waals surface area contributed by atoms with Gasteiger partial charge in [-0.25, -0.2) is 8.42 Å². The van der Waals surface area contributed by atoms with Crippen LogP contribution in [0.25, 0.3) is 6.08 Å². The number of amides is 2. The van der Waals surface area contributed by atoms with Gasteiger partial charge in [-0.1, -0.05) is 12.1 Å². The highest BCUT2D eigenvalue weighted by Crippen LogP contribution is 2.31. The summed E-state index contributed by atoms with van der Waals surface area (Å²) in [4.78, 5) is 26.7. The molecule has 1 unspecified atom stereocenters. The lowest BCUT2D eigenvalue weighted by molar-refractivity contribution is -0.142. The lowest BCUT2D eigenvalue weighted by Gasteiger charge is -2.31. The number of imide groups is 1. The molecule has 0 N–H and O–H groups in total. The van der Waals surface area contributed by atoms with Crippen LogP contribution in [0.15, 0.2) is 41.0 Å². The normalized spacial score (nSPS) is 23.2. The van der Waals surface area contributed by atoms with Gasteiger partial charge < -0.3 is 4.74 Å². The maximum atomic E-state index is 13.1. The molecule has 1 aromatic rings. The number of hydrogen-bond donors (Lipinski definition) is 0. The van der Waals surface area contributed by atoms with Gasteiger partial charge in [0.1, 0.15) is 17.4 Å². The van der Waals surface area contributed by atoms with E-state index in [2.05, 4.69) is 0 Å². The number of ether oxygens (including phenoxy) is 1. The van der Waals surface area contributed by atoms with E-state index in [0.29, 0.717) is 23.5 Å². The van der Waals surface area contributed by atoms with E-state index < -0.39 is 27.7 Å². The van der Waals surface area contributed by atoms with Crippen LogP contribution in [-0.4, -0.2) is 49.3 Å². The minimum Gasteiger partial charge on any atom is -0.494 e. The molecule has 0 aliphatic carbocycles. The highest BCUT2D eigenvalue weighted by atomic mass is 32.2. The lowest BCUT2D eigenvalue weighted by Crippen LogP contribution is -2.49. The van der Waals surface area contributed by atoms with Gasteiger partial charge in [-0.05, 0) is 49.6 Å². The van der Waals surface area contributed by atoms with Gasteiger partial charge in [0.2, 0.25) is 0 Å². The molecule has 1 atom stereocenters. The Hall–Kier alpha value is -2.92. The van der Waals surface area contributed by atoms with E-state index >= 15 is 0 Å². The molecule has 0 spiro atoms. The van der Waals surface area contributed by atoms with Crippen molar-refractivity contribution in [3.63, 3.8) is 0 Å². The van der Waals surface area contributed by atoms with E-state index in [0.717, 1.165) is 4.90 Å². The average Bonchev–Trinajstić information content (AvgIpc) is 3.00. The first-order valence-electron chi connectivity index (χ1n) is 8.91. The van der Waals surface area contributed by atoms with Crippen molar-refractivity contribution in [1.82, 2.24) is 4.90 Å². The number of rotatable bonds is 4. The van der Waals surface area contributed by atoms with Crippen LogP contribution in [0.2, 0.25) is 0 Å². The maximum Gasteiger partial charge on any atom is 0.271 e. The van der Waals surface area contributed by atoms with Crippen molar-refractivity contribution >= 4 is 27.7 Å². The first kappa shape index (κ1) is 19.8. The van der Waals surface area contributed by atoms with Gasteiger partial charge in [0, 0.05) is 5.57 Å². The highest BCUT2D eigenvalue weighted by Gasteiger charge is 2.43. The molecule has 2 heterocycles. The van der Waals surface area contributed by atoms with Gasteiger partial charge in [0.05, 0.1) is 24.2 Å². The first-order valence-corrected chi connectivity index (χ1v) is 10.7. The van der Waals surface area contributed by atoms with Crippen LogP contribution in [0.1, 0.15) is 25.8 Å². The first-order chi connectivity index (χ1) is 13.3. The maximum absolute atomic E-state index is 13.1. The number of carbonyl (C=O) groups excluding carboxylic acids is 2. The molecular weight excluding hydrogens is 380 g/mol. The zero-order valence-corrected chi connectivity index (χ0v) is 16.5. The molecule has 7 nitrogen and oxygen atoms in total. The molecule has 2 aliphatic heterocycles.